The molecule has 6 aliphatic rings. The number of nitrogens with zero attached hydrogens (tertiary/aromatic N) is 4. The van der Waals surface area contributed by atoms with Crippen molar-refractivity contribution in [3.63, 3.8) is 0 Å². The number of amides is 2. The Bertz CT molecular complexity index is 3190. The zero-order valence-corrected chi connectivity index (χ0v) is 47.5. The van der Waals surface area contributed by atoms with Crippen LogP contribution < -0.4 is 25.5 Å². The monoisotopic (exact) mass is 1110 g/mol. The van der Waals surface area contributed by atoms with Crippen LogP contribution in [0.1, 0.15) is 103 Å². The Morgan fingerprint density at radius 1 is 0.899 bits per heavy atom. The SMILES string of the molecule is CO[C@H]1/C=C/O[C@@]2(C)Oc3c(C)c(O)c4c(O)c(c5c(c4c3C2=O)=NC2(CCN(CC(C)C)CC2)N=5)NC(=O)/C(C)=C\C=C\[C@H](C)[C@H](O)[C@@H](C)[C@@H](O)[C@@H](C)[C@H](OC(=O)CC(=O)N2CCC(NS(=O)(=O)c3ccccc3)CC2)[C@@H]1C. The number of Topliss-reactive ketones (excluding diaryl/α,β-unsaturated/α-hetero) is 1. The zero-order chi connectivity index (χ0) is 57.5. The zero-order valence-electron chi connectivity index (χ0n) is 46.7. The van der Waals surface area contributed by atoms with Crippen LogP contribution >= 0.6 is 0 Å². The molecule has 0 aromatic heterocycles. The number of esters is 1. The molecule has 0 radical (unpaired) electrons. The summed E-state index contributed by atoms with van der Waals surface area (Å²) >= 11 is 0. The Balaban J connectivity index is 1.11. The van der Waals surface area contributed by atoms with Gasteiger partial charge in [0.25, 0.3) is 11.7 Å². The number of benzene rings is 3. The quantitative estimate of drug-likeness (QED) is 0.0925. The summed E-state index contributed by atoms with van der Waals surface area (Å²) in [5, 5.41) is 51.0. The average molecular weight is 1110 g/mol. The Kier molecular flexibility index (Phi) is 17.5. The number of allylic oxidation sites excluding steroid dienone is 2. The maximum atomic E-state index is 15.0. The maximum Gasteiger partial charge on any atom is 0.315 e. The molecule has 20 nitrogen and oxygen atoms in total. The molecule has 5 bridgehead atoms. The number of piperidine rings is 2. The molecule has 0 aliphatic carbocycles. The number of ketones is 1. The number of nitrogens with one attached hydrogen (secondary N) is 2. The third-order valence-corrected chi connectivity index (χ3v) is 17.9. The van der Waals surface area contributed by atoms with E-state index in [1.165, 1.54) is 56.4 Å². The summed E-state index contributed by atoms with van der Waals surface area (Å²) in [6, 6.07) is 7.55. The molecule has 79 heavy (non-hydrogen) atoms. The number of rotatable bonds is 9. The summed E-state index contributed by atoms with van der Waals surface area (Å²) < 4.78 is 53.3. The van der Waals surface area contributed by atoms with Gasteiger partial charge in [-0.15, -0.1) is 0 Å². The van der Waals surface area contributed by atoms with Gasteiger partial charge in [-0.25, -0.2) is 13.1 Å². The van der Waals surface area contributed by atoms with Crippen LogP contribution in [-0.2, 0) is 38.6 Å². The van der Waals surface area contributed by atoms with Crippen molar-refractivity contribution in [2.24, 2.45) is 39.6 Å². The molecule has 428 valence electrons. The highest BCUT2D eigenvalue weighted by Gasteiger charge is 2.50. The fourth-order valence-electron chi connectivity index (χ4n) is 11.6. The third-order valence-electron chi connectivity index (χ3n) is 16.4. The number of likely N-dealkylation sites (tertiary alicyclic amines) is 2. The number of aliphatic hydroxyl groups excluding tert-OH is 2. The number of fused-ring (bicyclic) bond motifs is 13. The minimum absolute atomic E-state index is 0.00755. The first kappa shape index (κ1) is 58.9. The highest BCUT2D eigenvalue weighted by Crippen LogP contribution is 2.50. The van der Waals surface area contributed by atoms with Gasteiger partial charge in [0, 0.05) is 106 Å². The molecular weight excluding hydrogens is 1040 g/mol. The van der Waals surface area contributed by atoms with Crippen LogP contribution in [0.15, 0.2) is 81.4 Å². The first-order chi connectivity index (χ1) is 37.3. The summed E-state index contributed by atoms with van der Waals surface area (Å²) in [7, 11) is -2.37. The summed E-state index contributed by atoms with van der Waals surface area (Å²) in [6.07, 6.45) is 3.95. The van der Waals surface area contributed by atoms with Gasteiger partial charge in [0.05, 0.1) is 45.8 Å². The minimum atomic E-state index is -3.79. The summed E-state index contributed by atoms with van der Waals surface area (Å²) in [5.74, 6) is -8.35. The molecule has 9 atom stereocenters. The second-order valence-electron chi connectivity index (χ2n) is 22.6. The van der Waals surface area contributed by atoms with Crippen molar-refractivity contribution in [1.29, 1.82) is 0 Å². The van der Waals surface area contributed by atoms with E-state index in [1.807, 2.05) is 0 Å². The molecule has 3 aromatic carbocycles. The number of carbonyl (C=O) groups is 4. The lowest BCUT2D eigenvalue weighted by Crippen LogP contribution is -2.48. The van der Waals surface area contributed by atoms with E-state index in [4.69, 9.17) is 28.9 Å². The van der Waals surface area contributed by atoms with Crippen molar-refractivity contribution in [3.05, 3.63) is 88.3 Å². The van der Waals surface area contributed by atoms with Gasteiger partial charge in [-0.2, -0.15) is 0 Å². The number of methoxy groups -OCH3 is 1. The van der Waals surface area contributed by atoms with E-state index in [1.54, 1.807) is 65.0 Å². The molecule has 9 rings (SSSR count). The Morgan fingerprint density at radius 3 is 2.20 bits per heavy atom. The van der Waals surface area contributed by atoms with Crippen molar-refractivity contribution in [1.82, 2.24) is 14.5 Å². The van der Waals surface area contributed by atoms with Gasteiger partial charge in [0.1, 0.15) is 35.1 Å². The topological polar surface area (TPSA) is 276 Å². The highest BCUT2D eigenvalue weighted by atomic mass is 32.2. The van der Waals surface area contributed by atoms with Gasteiger partial charge < -0.3 is 54.5 Å². The van der Waals surface area contributed by atoms with Crippen LogP contribution in [0.5, 0.6) is 17.2 Å². The van der Waals surface area contributed by atoms with E-state index in [0.717, 1.165) is 6.54 Å². The van der Waals surface area contributed by atoms with Gasteiger partial charge in [-0.1, -0.05) is 78.0 Å². The third kappa shape index (κ3) is 12.0. The van der Waals surface area contributed by atoms with Crippen LogP contribution in [0.25, 0.3) is 10.8 Å². The number of hydrogen-bond acceptors (Lipinski definition) is 17. The fourth-order valence-corrected chi connectivity index (χ4v) is 12.9. The van der Waals surface area contributed by atoms with Gasteiger partial charge in [-0.3, -0.25) is 29.2 Å². The Labute approximate surface area is 461 Å². The van der Waals surface area contributed by atoms with Gasteiger partial charge in [-0.05, 0) is 50.8 Å². The first-order valence-electron chi connectivity index (χ1n) is 27.2. The molecule has 6 heterocycles. The Morgan fingerprint density at radius 2 is 1.56 bits per heavy atom. The van der Waals surface area contributed by atoms with Crippen LogP contribution in [0.2, 0.25) is 0 Å². The number of anilines is 1. The van der Waals surface area contributed by atoms with Crippen molar-refractivity contribution in [2.75, 3.05) is 45.2 Å². The van der Waals surface area contributed by atoms with E-state index in [0.29, 0.717) is 44.7 Å². The van der Waals surface area contributed by atoms with Crippen LogP contribution in [-0.4, -0.2) is 144 Å². The number of sulfonamides is 1. The second kappa shape index (κ2) is 23.5. The number of phenols is 2. The molecule has 3 aromatic rings. The number of hydrogen-bond donors (Lipinski definition) is 6. The summed E-state index contributed by atoms with van der Waals surface area (Å²) in [6.45, 7) is 18.2. The lowest BCUT2D eigenvalue weighted by molar-refractivity contribution is -0.165. The lowest BCUT2D eigenvalue weighted by Gasteiger charge is -2.38. The Hall–Kier alpha value is -6.23. The minimum Gasteiger partial charge on any atom is -0.507 e. The molecule has 0 saturated carbocycles. The first-order valence-corrected chi connectivity index (χ1v) is 28.7. The van der Waals surface area contributed by atoms with E-state index in [9.17, 15) is 48.0 Å². The van der Waals surface area contributed by atoms with E-state index in [2.05, 4.69) is 28.8 Å². The van der Waals surface area contributed by atoms with E-state index in [-0.39, 0.29) is 67.6 Å². The second-order valence-corrected chi connectivity index (χ2v) is 24.3. The van der Waals surface area contributed by atoms with Crippen molar-refractivity contribution < 1.29 is 67.0 Å². The molecule has 6 aliphatic heterocycles. The average Bonchev–Trinajstić information content (AvgIpc) is 4.05. The van der Waals surface area contributed by atoms with Crippen LogP contribution in [0, 0.1) is 36.5 Å². The number of aromatic hydroxyl groups is 2. The molecular formula is C58H76N6O14S. The van der Waals surface area contributed by atoms with Gasteiger partial charge >= 0.3 is 11.8 Å². The largest absolute Gasteiger partial charge is 0.507 e. The number of phenolic OH excluding ortho intramolecular Hbond substituents is 2. The molecule has 0 unspecified atom stereocenters. The molecule has 6 N–H and O–H groups in total. The van der Waals surface area contributed by atoms with Gasteiger partial charge in [0.15, 0.2) is 11.4 Å². The number of carbonyl (C=O) groups excluding carboxylic acids is 4. The smallest absolute Gasteiger partial charge is 0.315 e. The molecule has 2 saturated heterocycles. The van der Waals surface area contributed by atoms with Crippen LogP contribution in [0.4, 0.5) is 5.69 Å². The lowest BCUT2D eigenvalue weighted by atomic mass is 9.78. The van der Waals surface area contributed by atoms with E-state index < -0.39 is 117 Å². The van der Waals surface area contributed by atoms with Crippen molar-refractivity contribution in [3.8, 4) is 17.2 Å². The standard InChI is InChI=1S/C58H76N6O14S/c1-31(2)30-63-26-22-58(23-27-63)60-46-43-44-51(69)37(8)54-45(43)55(71)57(9,78-54)76-28-21-40(75-10)34(5)53(77-42(66)29-41(65)64-24-19-38(20-25-64)62-79(73,74)39-17-12-11-13-18-39)36(7)50(68)35(6)49(67)32(3)15-14-16-33(4)56(72)59-48(52(44)70)47(46)61-58/h11-18,21,28,31-32,34-36,38,40,49-50,53,62,67-70H,19-20,22-27,29-30H2,1-10H3,(H,59,72)/b15-14+,28-21+,33-16-/t32-,34+,35+,36+,40-,49-,50+,53+,57-/m0/s1. The fraction of sp³-hybridized carbons (Fsp3) is 0.552. The summed E-state index contributed by atoms with van der Waals surface area (Å²) in [4.78, 5) is 70.9. The predicted octanol–water partition coefficient (Wildman–Crippen LogP) is 5.09. The van der Waals surface area contributed by atoms with Crippen molar-refractivity contribution >= 4 is 50.1 Å². The number of aliphatic hydroxyl groups is 2. The van der Waals surface area contributed by atoms with Crippen LogP contribution in [0.3, 0.4) is 0 Å². The molecule has 2 amide bonds. The molecule has 2 fully saturated rings. The predicted molar refractivity (Wildman–Crippen MR) is 293 cm³/mol. The van der Waals surface area contributed by atoms with Gasteiger partial charge in [0.2, 0.25) is 15.9 Å². The van der Waals surface area contributed by atoms with Crippen molar-refractivity contribution in [2.45, 2.75) is 141 Å². The maximum absolute atomic E-state index is 15.0. The summed E-state index contributed by atoms with van der Waals surface area (Å²) in [5.41, 5.74) is -0.802. The van der Waals surface area contributed by atoms with E-state index >= 15 is 0 Å². The highest BCUT2D eigenvalue weighted by molar-refractivity contribution is 7.89. The molecule has 1 spiro atoms. The molecule has 21 heteroatoms. The normalized spacial score (nSPS) is 29.5. The number of ether oxygens (including phenoxy) is 4.